The Morgan fingerprint density at radius 1 is 1.45 bits per heavy atom. The smallest absolute Gasteiger partial charge is 0.254 e. The molecule has 1 amide bonds. The van der Waals surface area contributed by atoms with Crippen molar-refractivity contribution in [1.82, 2.24) is 9.97 Å². The predicted octanol–water partition coefficient (Wildman–Crippen LogP) is 1.36. The molecule has 0 saturated heterocycles. The van der Waals surface area contributed by atoms with Gasteiger partial charge >= 0.3 is 0 Å². The number of primary amides is 1. The number of carbonyl (C=O) groups is 1. The summed E-state index contributed by atoms with van der Waals surface area (Å²) in [4.78, 5) is 20.0. The van der Waals surface area contributed by atoms with Crippen LogP contribution < -0.4 is 16.4 Å². The highest BCUT2D eigenvalue weighted by Crippen LogP contribution is 2.27. The van der Waals surface area contributed by atoms with E-state index < -0.39 is 5.91 Å². The van der Waals surface area contributed by atoms with Crippen molar-refractivity contribution < 1.29 is 9.90 Å². The Morgan fingerprint density at radius 3 is 2.77 bits per heavy atom. The van der Waals surface area contributed by atoms with Gasteiger partial charge in [0.05, 0.1) is 11.7 Å². The summed E-state index contributed by atoms with van der Waals surface area (Å²) in [7, 11) is 0. The van der Waals surface area contributed by atoms with Gasteiger partial charge in [0.1, 0.15) is 5.82 Å². The molecule has 0 aromatic carbocycles. The molecule has 1 aromatic heterocycles. The minimum absolute atomic E-state index is 0.0751. The van der Waals surface area contributed by atoms with Crippen LogP contribution >= 0.6 is 0 Å². The highest BCUT2D eigenvalue weighted by atomic mass is 16.3. The van der Waals surface area contributed by atoms with E-state index in [4.69, 9.17) is 5.73 Å². The first-order valence-corrected chi connectivity index (χ1v) is 7.74. The van der Waals surface area contributed by atoms with Crippen molar-refractivity contribution in [3.05, 3.63) is 11.8 Å². The Morgan fingerprint density at radius 2 is 2.18 bits per heavy atom. The summed E-state index contributed by atoms with van der Waals surface area (Å²) in [5.41, 5.74) is 5.66. The van der Waals surface area contributed by atoms with Crippen molar-refractivity contribution in [2.45, 2.75) is 58.2 Å². The molecule has 7 heteroatoms. The first-order chi connectivity index (χ1) is 10.4. The number of amides is 1. The molecule has 0 spiro atoms. The number of carbonyl (C=O) groups excluding carboxylic acids is 1. The fourth-order valence-electron chi connectivity index (χ4n) is 2.62. The second-order valence-electron chi connectivity index (χ2n) is 6.32. The first-order valence-electron chi connectivity index (χ1n) is 7.74. The summed E-state index contributed by atoms with van der Waals surface area (Å²) in [6.07, 6.45) is 3.60. The van der Waals surface area contributed by atoms with Gasteiger partial charge in [0.25, 0.3) is 5.91 Å². The van der Waals surface area contributed by atoms with Gasteiger partial charge in [-0.05, 0) is 39.0 Å². The standard InChI is InChI=1S/C15H25N5O2/c1-8(2)18-15-17-7-11(13(16)22)14(20-15)19-10-5-4-9(3)12(21)6-10/h7-10,12,21H,4-6H2,1-3H3,(H2,16,22)(H2,17,18,19,20). The summed E-state index contributed by atoms with van der Waals surface area (Å²) >= 11 is 0. The van der Waals surface area contributed by atoms with Gasteiger partial charge in [0, 0.05) is 18.3 Å². The highest BCUT2D eigenvalue weighted by Gasteiger charge is 2.27. The SMILES string of the molecule is CC(C)Nc1ncc(C(N)=O)c(NC2CCC(C)C(O)C2)n1. The summed E-state index contributed by atoms with van der Waals surface area (Å²) in [6, 6.07) is 0.260. The van der Waals surface area contributed by atoms with Gasteiger partial charge in [-0.3, -0.25) is 4.79 Å². The minimum atomic E-state index is -0.566. The van der Waals surface area contributed by atoms with Crippen molar-refractivity contribution in [1.29, 1.82) is 0 Å². The molecule has 3 atom stereocenters. The third-order valence-electron chi connectivity index (χ3n) is 3.97. The third-order valence-corrected chi connectivity index (χ3v) is 3.97. The van der Waals surface area contributed by atoms with Crippen LogP contribution in [0.4, 0.5) is 11.8 Å². The molecule has 22 heavy (non-hydrogen) atoms. The molecule has 122 valence electrons. The normalized spacial score (nSPS) is 25.0. The van der Waals surface area contributed by atoms with Gasteiger partial charge in [-0.15, -0.1) is 0 Å². The van der Waals surface area contributed by atoms with Gasteiger partial charge in [0.2, 0.25) is 5.95 Å². The molecule has 1 fully saturated rings. The second kappa shape index (κ2) is 6.91. The maximum absolute atomic E-state index is 11.5. The number of hydrogen-bond acceptors (Lipinski definition) is 6. The summed E-state index contributed by atoms with van der Waals surface area (Å²) < 4.78 is 0. The number of nitrogens with one attached hydrogen (secondary N) is 2. The van der Waals surface area contributed by atoms with Crippen LogP contribution in [0.2, 0.25) is 0 Å². The molecule has 1 heterocycles. The molecular formula is C15H25N5O2. The molecule has 7 nitrogen and oxygen atoms in total. The van der Waals surface area contributed by atoms with Crippen LogP contribution in [0.1, 0.15) is 50.4 Å². The molecule has 0 radical (unpaired) electrons. The number of aromatic nitrogens is 2. The Kier molecular flexibility index (Phi) is 5.18. The van der Waals surface area contributed by atoms with Crippen LogP contribution in [0.3, 0.4) is 0 Å². The average Bonchev–Trinajstić information content (AvgIpc) is 2.42. The lowest BCUT2D eigenvalue weighted by molar-refractivity contribution is 0.0739. The number of aliphatic hydroxyl groups is 1. The number of hydrogen-bond donors (Lipinski definition) is 4. The van der Waals surface area contributed by atoms with Crippen LogP contribution in [0, 0.1) is 5.92 Å². The van der Waals surface area contributed by atoms with E-state index >= 15 is 0 Å². The number of nitrogens with zero attached hydrogens (tertiary/aromatic N) is 2. The molecule has 2 rings (SSSR count). The first kappa shape index (κ1) is 16.5. The molecule has 0 bridgehead atoms. The van der Waals surface area contributed by atoms with Crippen LogP contribution in [-0.4, -0.2) is 39.2 Å². The van der Waals surface area contributed by atoms with Crippen LogP contribution in [0.5, 0.6) is 0 Å². The largest absolute Gasteiger partial charge is 0.393 e. The van der Waals surface area contributed by atoms with Crippen LogP contribution in [0.25, 0.3) is 0 Å². The van der Waals surface area contributed by atoms with E-state index in [0.717, 1.165) is 12.8 Å². The zero-order valence-electron chi connectivity index (χ0n) is 13.3. The van der Waals surface area contributed by atoms with E-state index in [9.17, 15) is 9.90 Å². The Bertz CT molecular complexity index is 535. The van der Waals surface area contributed by atoms with Gasteiger partial charge < -0.3 is 21.5 Å². The fourth-order valence-corrected chi connectivity index (χ4v) is 2.62. The van der Waals surface area contributed by atoms with E-state index in [2.05, 4.69) is 20.6 Å². The molecule has 1 saturated carbocycles. The summed E-state index contributed by atoms with van der Waals surface area (Å²) in [6.45, 7) is 6.01. The topological polar surface area (TPSA) is 113 Å². The lowest BCUT2D eigenvalue weighted by Crippen LogP contribution is -2.35. The third kappa shape index (κ3) is 4.07. The van der Waals surface area contributed by atoms with Crippen LogP contribution in [0.15, 0.2) is 6.20 Å². The lowest BCUT2D eigenvalue weighted by atomic mass is 9.85. The van der Waals surface area contributed by atoms with Gasteiger partial charge in [-0.25, -0.2) is 4.98 Å². The van der Waals surface area contributed by atoms with E-state index in [-0.39, 0.29) is 23.8 Å². The fraction of sp³-hybridized carbons (Fsp3) is 0.667. The molecule has 1 aliphatic rings. The number of nitrogens with two attached hydrogens (primary N) is 1. The van der Waals surface area contributed by atoms with Gasteiger partial charge in [-0.1, -0.05) is 6.92 Å². The zero-order chi connectivity index (χ0) is 16.3. The van der Waals surface area contributed by atoms with E-state index in [0.29, 0.717) is 24.1 Å². The van der Waals surface area contributed by atoms with E-state index in [1.807, 2.05) is 20.8 Å². The predicted molar refractivity (Wildman–Crippen MR) is 85.7 cm³/mol. The highest BCUT2D eigenvalue weighted by molar-refractivity contribution is 5.97. The van der Waals surface area contributed by atoms with E-state index in [1.54, 1.807) is 0 Å². The van der Waals surface area contributed by atoms with Gasteiger partial charge in [0.15, 0.2) is 0 Å². The van der Waals surface area contributed by atoms with E-state index in [1.165, 1.54) is 6.20 Å². The number of rotatable bonds is 5. The molecule has 1 aliphatic carbocycles. The molecule has 5 N–H and O–H groups in total. The van der Waals surface area contributed by atoms with Crippen molar-refractivity contribution in [2.24, 2.45) is 11.7 Å². The van der Waals surface area contributed by atoms with Crippen molar-refractivity contribution >= 4 is 17.7 Å². The maximum Gasteiger partial charge on any atom is 0.254 e. The van der Waals surface area contributed by atoms with Crippen molar-refractivity contribution in [3.8, 4) is 0 Å². The Labute approximate surface area is 130 Å². The van der Waals surface area contributed by atoms with Crippen LogP contribution in [-0.2, 0) is 0 Å². The molecule has 1 aromatic rings. The average molecular weight is 307 g/mol. The molecule has 0 aliphatic heterocycles. The van der Waals surface area contributed by atoms with Crippen molar-refractivity contribution in [3.63, 3.8) is 0 Å². The number of aliphatic hydroxyl groups excluding tert-OH is 1. The molecule has 3 unspecified atom stereocenters. The molecular weight excluding hydrogens is 282 g/mol. The van der Waals surface area contributed by atoms with Crippen molar-refractivity contribution in [2.75, 3.05) is 10.6 Å². The van der Waals surface area contributed by atoms with Gasteiger partial charge in [-0.2, -0.15) is 4.98 Å². The minimum Gasteiger partial charge on any atom is -0.393 e. The maximum atomic E-state index is 11.5. The Balaban J connectivity index is 2.18. The lowest BCUT2D eigenvalue weighted by Gasteiger charge is -2.32. The monoisotopic (exact) mass is 307 g/mol. The second-order valence-corrected chi connectivity index (χ2v) is 6.32. The quantitative estimate of drug-likeness (QED) is 0.653. The number of anilines is 2. The summed E-state index contributed by atoms with van der Waals surface area (Å²) in [5.74, 6) is 0.616. The zero-order valence-corrected chi connectivity index (χ0v) is 13.3. The summed E-state index contributed by atoms with van der Waals surface area (Å²) in [5, 5.41) is 16.3. The Hall–Kier alpha value is -1.89.